The molecule has 0 radical (unpaired) electrons. The SMILES string of the molecule is Cc1ccc(-c2nc3n(n2)CCCC3CO)o1. The largest absolute Gasteiger partial charge is 0.458 e. The number of aryl methyl sites for hydroxylation is 2. The summed E-state index contributed by atoms with van der Waals surface area (Å²) in [5, 5.41) is 13.8. The van der Waals surface area contributed by atoms with Gasteiger partial charge in [-0.25, -0.2) is 9.67 Å². The number of aliphatic hydroxyl groups excluding tert-OH is 1. The Labute approximate surface area is 99.1 Å². The van der Waals surface area contributed by atoms with Crippen molar-refractivity contribution in [1.82, 2.24) is 14.8 Å². The average molecular weight is 233 g/mol. The molecule has 0 aromatic carbocycles. The lowest BCUT2D eigenvalue weighted by Gasteiger charge is -2.19. The normalized spacial score (nSPS) is 19.3. The van der Waals surface area contributed by atoms with Crippen LogP contribution in [0, 0.1) is 6.92 Å². The van der Waals surface area contributed by atoms with Gasteiger partial charge in [-0.1, -0.05) is 0 Å². The zero-order chi connectivity index (χ0) is 11.8. The smallest absolute Gasteiger partial charge is 0.217 e. The van der Waals surface area contributed by atoms with Gasteiger partial charge < -0.3 is 9.52 Å². The van der Waals surface area contributed by atoms with Gasteiger partial charge in [-0.2, -0.15) is 0 Å². The first-order chi connectivity index (χ1) is 8.28. The van der Waals surface area contributed by atoms with Crippen molar-refractivity contribution in [3.05, 3.63) is 23.7 Å². The second kappa shape index (κ2) is 4.00. The van der Waals surface area contributed by atoms with E-state index in [4.69, 9.17) is 4.42 Å². The van der Waals surface area contributed by atoms with Crippen LogP contribution in [-0.2, 0) is 6.54 Å². The van der Waals surface area contributed by atoms with Gasteiger partial charge in [-0.15, -0.1) is 5.10 Å². The Morgan fingerprint density at radius 3 is 3.12 bits per heavy atom. The molecule has 0 saturated carbocycles. The van der Waals surface area contributed by atoms with Crippen LogP contribution in [0.3, 0.4) is 0 Å². The molecule has 0 amide bonds. The topological polar surface area (TPSA) is 64.1 Å². The van der Waals surface area contributed by atoms with E-state index in [0.29, 0.717) is 11.6 Å². The highest BCUT2D eigenvalue weighted by molar-refractivity contribution is 5.46. The van der Waals surface area contributed by atoms with Crippen LogP contribution in [0.4, 0.5) is 0 Å². The molecule has 5 heteroatoms. The number of aromatic nitrogens is 3. The Morgan fingerprint density at radius 1 is 1.53 bits per heavy atom. The Hall–Kier alpha value is -1.62. The van der Waals surface area contributed by atoms with Crippen molar-refractivity contribution < 1.29 is 9.52 Å². The number of nitrogens with zero attached hydrogens (tertiary/aromatic N) is 3. The van der Waals surface area contributed by atoms with Crippen LogP contribution in [0.15, 0.2) is 16.5 Å². The van der Waals surface area contributed by atoms with E-state index < -0.39 is 0 Å². The fraction of sp³-hybridized carbons (Fsp3) is 0.500. The van der Waals surface area contributed by atoms with E-state index in [0.717, 1.165) is 31.0 Å². The fourth-order valence-corrected chi connectivity index (χ4v) is 2.27. The molecule has 0 spiro atoms. The third-order valence-electron chi connectivity index (χ3n) is 3.17. The summed E-state index contributed by atoms with van der Waals surface area (Å²) in [7, 11) is 0. The van der Waals surface area contributed by atoms with Gasteiger partial charge in [0.1, 0.15) is 11.6 Å². The third kappa shape index (κ3) is 1.76. The van der Waals surface area contributed by atoms with E-state index in [9.17, 15) is 5.11 Å². The van der Waals surface area contributed by atoms with Crippen LogP contribution in [-0.4, -0.2) is 26.5 Å². The molecule has 1 N–H and O–H groups in total. The van der Waals surface area contributed by atoms with Gasteiger partial charge in [-0.05, 0) is 31.9 Å². The minimum atomic E-state index is 0.112. The predicted octanol–water partition coefficient (Wildman–Crippen LogP) is 1.72. The Balaban J connectivity index is 2.01. The number of fused-ring (bicyclic) bond motifs is 1. The van der Waals surface area contributed by atoms with Crippen molar-refractivity contribution in [3.8, 4) is 11.6 Å². The van der Waals surface area contributed by atoms with Crippen molar-refractivity contribution in [2.24, 2.45) is 0 Å². The average Bonchev–Trinajstić information content (AvgIpc) is 2.93. The van der Waals surface area contributed by atoms with Gasteiger partial charge in [0.05, 0.1) is 6.61 Å². The Kier molecular flexibility index (Phi) is 2.48. The highest BCUT2D eigenvalue weighted by Gasteiger charge is 2.24. The van der Waals surface area contributed by atoms with Crippen LogP contribution in [0.1, 0.15) is 30.3 Å². The quantitative estimate of drug-likeness (QED) is 0.857. The minimum absolute atomic E-state index is 0.112. The Morgan fingerprint density at radius 2 is 2.41 bits per heavy atom. The van der Waals surface area contributed by atoms with E-state index >= 15 is 0 Å². The summed E-state index contributed by atoms with van der Waals surface area (Å²) >= 11 is 0. The first-order valence-corrected chi connectivity index (χ1v) is 5.90. The Bertz CT molecular complexity index is 530. The van der Waals surface area contributed by atoms with Gasteiger partial charge >= 0.3 is 0 Å². The van der Waals surface area contributed by atoms with Crippen molar-refractivity contribution in [2.45, 2.75) is 32.2 Å². The first-order valence-electron chi connectivity index (χ1n) is 5.90. The third-order valence-corrected chi connectivity index (χ3v) is 3.17. The van der Waals surface area contributed by atoms with Crippen molar-refractivity contribution in [1.29, 1.82) is 0 Å². The molecule has 2 aromatic heterocycles. The second-order valence-corrected chi connectivity index (χ2v) is 4.45. The summed E-state index contributed by atoms with van der Waals surface area (Å²) in [5.41, 5.74) is 0. The summed E-state index contributed by atoms with van der Waals surface area (Å²) in [6.45, 7) is 2.91. The second-order valence-electron chi connectivity index (χ2n) is 4.45. The van der Waals surface area contributed by atoms with Gasteiger partial charge in [0.15, 0.2) is 5.76 Å². The molecule has 3 rings (SSSR count). The predicted molar refractivity (Wildman–Crippen MR) is 61.5 cm³/mol. The molecule has 1 atom stereocenters. The number of furan rings is 1. The maximum atomic E-state index is 9.32. The molecule has 2 aromatic rings. The number of hydrogen-bond donors (Lipinski definition) is 1. The van der Waals surface area contributed by atoms with Crippen LogP contribution in [0.25, 0.3) is 11.6 Å². The van der Waals surface area contributed by atoms with Crippen LogP contribution in [0.5, 0.6) is 0 Å². The van der Waals surface area contributed by atoms with E-state index in [1.165, 1.54) is 0 Å². The number of hydrogen-bond acceptors (Lipinski definition) is 4. The standard InChI is InChI=1S/C12H15N3O2/c1-8-4-5-10(17-8)11-13-12-9(7-16)3-2-6-15(12)14-11/h4-5,9,16H,2-3,6-7H2,1H3. The maximum absolute atomic E-state index is 9.32. The lowest BCUT2D eigenvalue weighted by Crippen LogP contribution is -2.19. The molecule has 1 aliphatic heterocycles. The first kappa shape index (κ1) is 10.5. The van der Waals surface area contributed by atoms with E-state index in [1.54, 1.807) is 0 Å². The zero-order valence-electron chi connectivity index (χ0n) is 9.76. The highest BCUT2D eigenvalue weighted by Crippen LogP contribution is 2.27. The zero-order valence-corrected chi connectivity index (χ0v) is 9.76. The van der Waals surface area contributed by atoms with Crippen molar-refractivity contribution >= 4 is 0 Å². The molecule has 0 saturated heterocycles. The molecule has 1 unspecified atom stereocenters. The summed E-state index contributed by atoms with van der Waals surface area (Å²) < 4.78 is 7.40. The van der Waals surface area contributed by atoms with Crippen molar-refractivity contribution in [3.63, 3.8) is 0 Å². The van der Waals surface area contributed by atoms with E-state index in [2.05, 4.69) is 10.1 Å². The molecule has 0 fully saturated rings. The molecular formula is C12H15N3O2. The summed E-state index contributed by atoms with van der Waals surface area (Å²) in [4.78, 5) is 4.48. The van der Waals surface area contributed by atoms with E-state index in [-0.39, 0.29) is 12.5 Å². The molecular weight excluding hydrogens is 218 g/mol. The molecule has 17 heavy (non-hydrogen) atoms. The molecule has 0 aliphatic carbocycles. The maximum Gasteiger partial charge on any atom is 0.217 e. The van der Waals surface area contributed by atoms with Crippen LogP contribution < -0.4 is 0 Å². The number of rotatable bonds is 2. The number of aliphatic hydroxyl groups is 1. The summed E-state index contributed by atoms with van der Waals surface area (Å²) in [6.07, 6.45) is 2.02. The minimum Gasteiger partial charge on any atom is -0.458 e. The van der Waals surface area contributed by atoms with Gasteiger partial charge in [0.25, 0.3) is 0 Å². The van der Waals surface area contributed by atoms with Gasteiger partial charge in [0.2, 0.25) is 5.82 Å². The highest BCUT2D eigenvalue weighted by atomic mass is 16.3. The van der Waals surface area contributed by atoms with E-state index in [1.807, 2.05) is 23.7 Å². The molecule has 3 heterocycles. The summed E-state index contributed by atoms with van der Waals surface area (Å²) in [6, 6.07) is 3.78. The lowest BCUT2D eigenvalue weighted by molar-refractivity contribution is 0.234. The monoisotopic (exact) mass is 233 g/mol. The summed E-state index contributed by atoms with van der Waals surface area (Å²) in [5.74, 6) is 3.16. The lowest BCUT2D eigenvalue weighted by atomic mass is 10.0. The van der Waals surface area contributed by atoms with Gasteiger partial charge in [-0.3, -0.25) is 0 Å². The van der Waals surface area contributed by atoms with Crippen molar-refractivity contribution in [2.75, 3.05) is 6.61 Å². The molecule has 0 bridgehead atoms. The molecule has 90 valence electrons. The van der Waals surface area contributed by atoms with Crippen LogP contribution >= 0.6 is 0 Å². The fourth-order valence-electron chi connectivity index (χ4n) is 2.27. The molecule has 5 nitrogen and oxygen atoms in total. The van der Waals surface area contributed by atoms with Crippen LogP contribution in [0.2, 0.25) is 0 Å². The van der Waals surface area contributed by atoms with Gasteiger partial charge in [0, 0.05) is 12.5 Å². The molecule has 1 aliphatic rings.